The molecule has 1 saturated heterocycles. The molecule has 6 nitrogen and oxygen atoms in total. The summed E-state index contributed by atoms with van der Waals surface area (Å²) >= 11 is 0. The predicted octanol–water partition coefficient (Wildman–Crippen LogP) is 5.53. The molecule has 0 bridgehead atoms. The van der Waals surface area contributed by atoms with Gasteiger partial charge in [0, 0.05) is 23.8 Å². The van der Waals surface area contributed by atoms with E-state index < -0.39 is 0 Å². The molecule has 1 aromatic heterocycles. The molecule has 170 valence electrons. The number of fused-ring (bicyclic) bond motifs is 1. The summed E-state index contributed by atoms with van der Waals surface area (Å²) in [7, 11) is 0. The highest BCUT2D eigenvalue weighted by atomic mass is 16.1. The molecule has 0 unspecified atom stereocenters. The van der Waals surface area contributed by atoms with E-state index in [9.17, 15) is 4.79 Å². The molecule has 0 saturated carbocycles. The van der Waals surface area contributed by atoms with Crippen molar-refractivity contribution in [3.8, 4) is 0 Å². The molecule has 6 heteroatoms. The lowest BCUT2D eigenvalue weighted by molar-refractivity contribution is 0.102. The van der Waals surface area contributed by atoms with Crippen LogP contribution in [0.25, 0.3) is 16.5 Å². The Kier molecular flexibility index (Phi) is 7.15. The van der Waals surface area contributed by atoms with E-state index in [1.165, 1.54) is 12.8 Å². The number of aromatic nitrogens is 2. The molecule has 0 atom stereocenters. The van der Waals surface area contributed by atoms with Crippen LogP contribution in [0.1, 0.15) is 42.7 Å². The van der Waals surface area contributed by atoms with E-state index >= 15 is 0 Å². The van der Waals surface area contributed by atoms with Gasteiger partial charge in [-0.1, -0.05) is 37.3 Å². The van der Waals surface area contributed by atoms with Crippen molar-refractivity contribution in [2.45, 2.75) is 26.7 Å². The lowest BCUT2D eigenvalue weighted by atomic mass is 9.98. The van der Waals surface area contributed by atoms with E-state index in [0.717, 1.165) is 58.9 Å². The van der Waals surface area contributed by atoms with E-state index in [-0.39, 0.29) is 5.91 Å². The van der Waals surface area contributed by atoms with Crippen LogP contribution >= 0.6 is 0 Å². The number of H-pyrrole nitrogens is 1. The first-order chi connectivity index (χ1) is 16.0. The number of nitrogens with one attached hydrogen (secondary N) is 2. The Morgan fingerprint density at radius 3 is 2.73 bits per heavy atom. The number of hydrogen-bond acceptors (Lipinski definition) is 4. The number of carbonyl (C=O) groups is 1. The fourth-order valence-electron chi connectivity index (χ4n) is 4.22. The Hall–Kier alpha value is -3.51. The van der Waals surface area contributed by atoms with Gasteiger partial charge in [0.15, 0.2) is 5.69 Å². The number of anilines is 1. The molecular formula is C27H31N5O. The number of carbonyl (C=O) groups excluding carboxylic acids is 1. The van der Waals surface area contributed by atoms with Crippen molar-refractivity contribution in [1.82, 2.24) is 15.1 Å². The summed E-state index contributed by atoms with van der Waals surface area (Å²) in [5.41, 5.74) is 5.23. The molecule has 1 aliphatic heterocycles. The number of piperidine rings is 1. The van der Waals surface area contributed by atoms with Crippen molar-refractivity contribution in [3.63, 3.8) is 0 Å². The topological polar surface area (TPSA) is 73.4 Å². The number of likely N-dealkylation sites (tertiary alicyclic amines) is 1. The molecule has 1 fully saturated rings. The Labute approximate surface area is 195 Å². The van der Waals surface area contributed by atoms with Gasteiger partial charge in [-0.3, -0.25) is 19.8 Å². The number of para-hydroxylation sites is 1. The van der Waals surface area contributed by atoms with E-state index in [1.807, 2.05) is 54.7 Å². The normalized spacial score (nSPS) is 16.2. The third-order valence-corrected chi connectivity index (χ3v) is 6.21. The molecule has 2 N–H and O–H groups in total. The quantitative estimate of drug-likeness (QED) is 0.374. The number of amides is 1. The molecule has 2 heterocycles. The van der Waals surface area contributed by atoms with Crippen molar-refractivity contribution >= 4 is 34.8 Å². The number of aromatic amines is 1. The number of rotatable bonds is 7. The zero-order valence-corrected chi connectivity index (χ0v) is 19.3. The highest BCUT2D eigenvalue weighted by Gasteiger charge is 2.17. The molecule has 3 aromatic rings. The lowest BCUT2D eigenvalue weighted by Crippen LogP contribution is -2.34. The third-order valence-electron chi connectivity index (χ3n) is 6.21. The van der Waals surface area contributed by atoms with Crippen molar-refractivity contribution in [1.29, 1.82) is 0 Å². The van der Waals surface area contributed by atoms with Crippen molar-refractivity contribution in [2.24, 2.45) is 10.9 Å². The SMILES string of the molecule is C=N/C=C(\C=C(/C)c1ccc2[nH]nc(C(=O)Nc3ccccc3)c2c1)CN1CCC(C)CC1. The first kappa shape index (κ1) is 22.7. The summed E-state index contributed by atoms with van der Waals surface area (Å²) < 4.78 is 0. The molecule has 1 aliphatic rings. The molecule has 4 rings (SSSR count). The minimum absolute atomic E-state index is 0.234. The standard InChI is InChI=1S/C27H31N5O/c1-19-11-13-32(14-12-19)18-21(17-28-3)15-20(2)22-9-10-25-24(16-22)26(31-30-25)27(33)29-23-7-5-4-6-8-23/h4-10,15-17,19H,3,11-14,18H2,1-2H3,(H,29,33)(H,30,31)/b20-15+,21-17+. The van der Waals surface area contributed by atoms with Gasteiger partial charge < -0.3 is 5.32 Å². The molecule has 2 aromatic carbocycles. The first-order valence-corrected chi connectivity index (χ1v) is 11.4. The summed E-state index contributed by atoms with van der Waals surface area (Å²) in [4.78, 5) is 19.3. The van der Waals surface area contributed by atoms with Crippen LogP contribution in [0, 0.1) is 5.92 Å². The zero-order valence-electron chi connectivity index (χ0n) is 19.3. The molecule has 0 spiro atoms. The van der Waals surface area contributed by atoms with Gasteiger partial charge in [-0.25, -0.2) is 0 Å². The highest BCUT2D eigenvalue weighted by Crippen LogP contribution is 2.25. The molecule has 1 amide bonds. The number of allylic oxidation sites excluding steroid dienone is 1. The number of aliphatic imine (C=N–C) groups is 1. The summed E-state index contributed by atoms with van der Waals surface area (Å²) in [6.45, 7) is 11.2. The maximum absolute atomic E-state index is 12.8. The van der Waals surface area contributed by atoms with Crippen LogP contribution in [-0.4, -0.2) is 47.4 Å². The van der Waals surface area contributed by atoms with Crippen LogP contribution in [0.3, 0.4) is 0 Å². The van der Waals surface area contributed by atoms with E-state index in [0.29, 0.717) is 5.69 Å². The van der Waals surface area contributed by atoms with Crippen molar-refractivity contribution < 1.29 is 4.79 Å². The van der Waals surface area contributed by atoms with Crippen LogP contribution < -0.4 is 5.32 Å². The minimum Gasteiger partial charge on any atom is -0.321 e. The van der Waals surface area contributed by atoms with Gasteiger partial charge in [-0.2, -0.15) is 5.10 Å². The molecule has 33 heavy (non-hydrogen) atoms. The van der Waals surface area contributed by atoms with Crippen LogP contribution in [0.2, 0.25) is 0 Å². The van der Waals surface area contributed by atoms with Gasteiger partial charge in [-0.15, -0.1) is 0 Å². The van der Waals surface area contributed by atoms with E-state index in [2.05, 4.69) is 52.0 Å². The monoisotopic (exact) mass is 441 g/mol. The smallest absolute Gasteiger partial charge is 0.276 e. The average Bonchev–Trinajstić information content (AvgIpc) is 3.25. The van der Waals surface area contributed by atoms with Gasteiger partial charge in [-0.05, 0) is 86.5 Å². The largest absolute Gasteiger partial charge is 0.321 e. The van der Waals surface area contributed by atoms with Crippen LogP contribution in [0.5, 0.6) is 0 Å². The maximum atomic E-state index is 12.8. The van der Waals surface area contributed by atoms with Gasteiger partial charge in [0.05, 0.1) is 5.52 Å². The second-order valence-corrected chi connectivity index (χ2v) is 8.83. The molecule has 0 radical (unpaired) electrons. The zero-order chi connectivity index (χ0) is 23.2. The molecule has 0 aliphatic carbocycles. The Bertz CT molecular complexity index is 1180. The van der Waals surface area contributed by atoms with Gasteiger partial charge in [0.1, 0.15) is 0 Å². The minimum atomic E-state index is -0.234. The van der Waals surface area contributed by atoms with Crippen molar-refractivity contribution in [2.75, 3.05) is 25.0 Å². The first-order valence-electron chi connectivity index (χ1n) is 11.4. The fourth-order valence-corrected chi connectivity index (χ4v) is 4.22. The Balaban J connectivity index is 1.55. The van der Waals surface area contributed by atoms with Gasteiger partial charge in [0.2, 0.25) is 0 Å². The number of benzene rings is 2. The van der Waals surface area contributed by atoms with Gasteiger partial charge in [0.25, 0.3) is 5.91 Å². The fraction of sp³-hybridized carbons (Fsp3) is 0.296. The second-order valence-electron chi connectivity index (χ2n) is 8.83. The highest BCUT2D eigenvalue weighted by molar-refractivity contribution is 6.11. The number of hydrogen-bond donors (Lipinski definition) is 2. The Morgan fingerprint density at radius 1 is 1.24 bits per heavy atom. The van der Waals surface area contributed by atoms with E-state index in [1.54, 1.807) is 0 Å². The lowest BCUT2D eigenvalue weighted by Gasteiger charge is -2.30. The predicted molar refractivity (Wildman–Crippen MR) is 137 cm³/mol. The summed E-state index contributed by atoms with van der Waals surface area (Å²) in [6.07, 6.45) is 6.49. The Morgan fingerprint density at radius 2 is 2.00 bits per heavy atom. The summed E-state index contributed by atoms with van der Waals surface area (Å²) in [6, 6.07) is 15.4. The maximum Gasteiger partial charge on any atom is 0.276 e. The summed E-state index contributed by atoms with van der Waals surface area (Å²) in [5.74, 6) is 0.570. The second kappa shape index (κ2) is 10.4. The average molecular weight is 442 g/mol. The molecular weight excluding hydrogens is 410 g/mol. The van der Waals surface area contributed by atoms with E-state index in [4.69, 9.17) is 0 Å². The van der Waals surface area contributed by atoms with Crippen LogP contribution in [0.4, 0.5) is 5.69 Å². The summed E-state index contributed by atoms with van der Waals surface area (Å²) in [5, 5.41) is 10.9. The van der Waals surface area contributed by atoms with Crippen LogP contribution in [-0.2, 0) is 0 Å². The number of nitrogens with zero attached hydrogens (tertiary/aromatic N) is 3. The third kappa shape index (κ3) is 5.65. The van der Waals surface area contributed by atoms with Gasteiger partial charge >= 0.3 is 0 Å². The van der Waals surface area contributed by atoms with Crippen LogP contribution in [0.15, 0.2) is 71.4 Å². The van der Waals surface area contributed by atoms with Crippen molar-refractivity contribution in [3.05, 3.63) is 77.6 Å².